The molecule has 6 nitrogen and oxygen atoms in total. The lowest BCUT2D eigenvalue weighted by molar-refractivity contribution is 0.0686. The zero-order valence-corrected chi connectivity index (χ0v) is 12.3. The van der Waals surface area contributed by atoms with Crippen LogP contribution in [-0.4, -0.2) is 50.1 Å². The number of hydrogen-bond acceptors (Lipinski definition) is 4. The van der Waals surface area contributed by atoms with E-state index in [1.807, 2.05) is 44.2 Å². The Hall–Kier alpha value is -2.21. The maximum absolute atomic E-state index is 12.5. The molecule has 0 spiro atoms. The Kier molecular flexibility index (Phi) is 5.05. The molecule has 0 aliphatic carbocycles. The molecule has 0 bridgehead atoms. The van der Waals surface area contributed by atoms with Crippen LogP contribution in [0.4, 0.5) is 0 Å². The van der Waals surface area contributed by atoms with Crippen LogP contribution in [0.3, 0.4) is 0 Å². The van der Waals surface area contributed by atoms with Crippen molar-refractivity contribution >= 4 is 5.91 Å². The van der Waals surface area contributed by atoms with Gasteiger partial charge in [0.05, 0.1) is 11.9 Å². The number of rotatable bonds is 6. The number of aliphatic hydroxyl groups excluding tert-OH is 1. The Balaban J connectivity index is 2.17. The molecule has 0 radical (unpaired) electrons. The molecule has 6 heteroatoms. The molecule has 1 heterocycles. The number of hydrogen-bond donors (Lipinski definition) is 1. The first-order valence-electron chi connectivity index (χ1n) is 7.03. The van der Waals surface area contributed by atoms with Crippen LogP contribution < -0.4 is 0 Å². The maximum Gasteiger partial charge on any atom is 0.276 e. The van der Waals surface area contributed by atoms with E-state index in [0.29, 0.717) is 18.7 Å². The standard InChI is InChI=1S/C15H20N4O2/c1-12(2)18(9-6-10-20)15(21)14-11-16-19(17-14)13-7-4-3-5-8-13/h3-5,7-8,11-12,20H,6,9-10H2,1-2H3. The van der Waals surface area contributed by atoms with Crippen molar-refractivity contribution in [3.63, 3.8) is 0 Å². The summed E-state index contributed by atoms with van der Waals surface area (Å²) in [6.07, 6.45) is 2.03. The molecule has 0 aliphatic rings. The molecule has 0 saturated heterocycles. The van der Waals surface area contributed by atoms with Crippen LogP contribution in [0.15, 0.2) is 36.5 Å². The van der Waals surface area contributed by atoms with Crippen molar-refractivity contribution in [2.45, 2.75) is 26.3 Å². The molecule has 0 aliphatic heterocycles. The predicted molar refractivity (Wildman–Crippen MR) is 79.2 cm³/mol. The minimum absolute atomic E-state index is 0.0472. The normalized spacial score (nSPS) is 10.9. The van der Waals surface area contributed by atoms with Gasteiger partial charge in [-0.3, -0.25) is 4.79 Å². The Morgan fingerprint density at radius 3 is 2.67 bits per heavy atom. The van der Waals surface area contributed by atoms with Crippen LogP contribution in [0.2, 0.25) is 0 Å². The number of carbonyl (C=O) groups excluding carboxylic acids is 1. The van der Waals surface area contributed by atoms with Gasteiger partial charge in [-0.05, 0) is 32.4 Å². The zero-order chi connectivity index (χ0) is 15.2. The molecule has 0 saturated carbocycles. The molecular formula is C15H20N4O2. The van der Waals surface area contributed by atoms with Crippen LogP contribution in [-0.2, 0) is 0 Å². The third-order valence-corrected chi connectivity index (χ3v) is 3.14. The Morgan fingerprint density at radius 2 is 2.05 bits per heavy atom. The number of para-hydroxylation sites is 1. The van der Waals surface area contributed by atoms with E-state index in [0.717, 1.165) is 5.69 Å². The first kappa shape index (κ1) is 15.2. The van der Waals surface area contributed by atoms with E-state index in [2.05, 4.69) is 10.2 Å². The second-order valence-electron chi connectivity index (χ2n) is 5.02. The summed E-state index contributed by atoms with van der Waals surface area (Å²) in [5.41, 5.74) is 1.12. The van der Waals surface area contributed by atoms with Gasteiger partial charge in [-0.15, -0.1) is 5.10 Å². The highest BCUT2D eigenvalue weighted by Gasteiger charge is 2.21. The molecule has 21 heavy (non-hydrogen) atoms. The van der Waals surface area contributed by atoms with E-state index in [1.165, 1.54) is 11.0 Å². The van der Waals surface area contributed by atoms with Crippen molar-refractivity contribution in [3.8, 4) is 5.69 Å². The molecule has 0 atom stereocenters. The Labute approximate surface area is 124 Å². The van der Waals surface area contributed by atoms with Crippen molar-refractivity contribution in [2.75, 3.05) is 13.2 Å². The molecule has 1 amide bonds. The number of benzene rings is 1. The average Bonchev–Trinajstić information content (AvgIpc) is 2.98. The molecule has 1 aromatic heterocycles. The lowest BCUT2D eigenvalue weighted by atomic mass is 10.2. The van der Waals surface area contributed by atoms with Crippen LogP contribution in [0.5, 0.6) is 0 Å². The number of aliphatic hydroxyl groups is 1. The van der Waals surface area contributed by atoms with Crippen LogP contribution in [0, 0.1) is 0 Å². The highest BCUT2D eigenvalue weighted by Crippen LogP contribution is 2.09. The van der Waals surface area contributed by atoms with Gasteiger partial charge in [0.15, 0.2) is 5.69 Å². The highest BCUT2D eigenvalue weighted by atomic mass is 16.3. The minimum atomic E-state index is -0.166. The van der Waals surface area contributed by atoms with Crippen LogP contribution in [0.1, 0.15) is 30.8 Å². The van der Waals surface area contributed by atoms with Crippen molar-refractivity contribution < 1.29 is 9.90 Å². The van der Waals surface area contributed by atoms with Gasteiger partial charge in [-0.2, -0.15) is 9.90 Å². The summed E-state index contributed by atoms with van der Waals surface area (Å²) >= 11 is 0. The van der Waals surface area contributed by atoms with Crippen LogP contribution >= 0.6 is 0 Å². The van der Waals surface area contributed by atoms with Crippen LogP contribution in [0.25, 0.3) is 5.69 Å². The first-order chi connectivity index (χ1) is 10.1. The lowest BCUT2D eigenvalue weighted by Gasteiger charge is -2.25. The number of amides is 1. The number of nitrogens with zero attached hydrogens (tertiary/aromatic N) is 4. The van der Waals surface area contributed by atoms with Crippen molar-refractivity contribution in [1.29, 1.82) is 0 Å². The summed E-state index contributed by atoms with van der Waals surface area (Å²) in [5.74, 6) is -0.166. The largest absolute Gasteiger partial charge is 0.396 e. The van der Waals surface area contributed by atoms with E-state index in [4.69, 9.17) is 5.11 Å². The average molecular weight is 288 g/mol. The Bertz CT molecular complexity index is 580. The highest BCUT2D eigenvalue weighted by molar-refractivity contribution is 5.92. The van der Waals surface area contributed by atoms with E-state index in [-0.39, 0.29) is 18.6 Å². The Morgan fingerprint density at radius 1 is 1.33 bits per heavy atom. The van der Waals surface area contributed by atoms with Gasteiger partial charge in [0, 0.05) is 19.2 Å². The van der Waals surface area contributed by atoms with Gasteiger partial charge in [0.2, 0.25) is 0 Å². The van der Waals surface area contributed by atoms with Crippen molar-refractivity contribution in [2.24, 2.45) is 0 Å². The van der Waals surface area contributed by atoms with Gasteiger partial charge < -0.3 is 10.0 Å². The third kappa shape index (κ3) is 3.66. The lowest BCUT2D eigenvalue weighted by Crippen LogP contribution is -2.38. The molecule has 112 valence electrons. The second-order valence-corrected chi connectivity index (χ2v) is 5.02. The first-order valence-corrected chi connectivity index (χ1v) is 7.03. The van der Waals surface area contributed by atoms with Gasteiger partial charge in [-0.1, -0.05) is 18.2 Å². The summed E-state index contributed by atoms with van der Waals surface area (Å²) < 4.78 is 0. The van der Waals surface area contributed by atoms with E-state index >= 15 is 0 Å². The van der Waals surface area contributed by atoms with Gasteiger partial charge in [-0.25, -0.2) is 0 Å². The van der Waals surface area contributed by atoms with Gasteiger partial charge >= 0.3 is 0 Å². The van der Waals surface area contributed by atoms with E-state index in [1.54, 1.807) is 4.90 Å². The monoisotopic (exact) mass is 288 g/mol. The molecular weight excluding hydrogens is 268 g/mol. The summed E-state index contributed by atoms with van der Waals surface area (Å²) in [6.45, 7) is 4.45. The smallest absolute Gasteiger partial charge is 0.276 e. The van der Waals surface area contributed by atoms with Crippen molar-refractivity contribution in [3.05, 3.63) is 42.2 Å². The van der Waals surface area contributed by atoms with Crippen molar-refractivity contribution in [1.82, 2.24) is 19.9 Å². The molecule has 1 aromatic carbocycles. The van der Waals surface area contributed by atoms with Gasteiger partial charge in [0.1, 0.15) is 0 Å². The topological polar surface area (TPSA) is 71.2 Å². The molecule has 2 aromatic rings. The molecule has 0 fully saturated rings. The minimum Gasteiger partial charge on any atom is -0.396 e. The number of aromatic nitrogens is 3. The SMILES string of the molecule is CC(C)N(CCCO)C(=O)c1cnn(-c2ccccc2)n1. The summed E-state index contributed by atoms with van der Waals surface area (Å²) in [6, 6.07) is 9.49. The number of carbonyl (C=O) groups is 1. The molecule has 1 N–H and O–H groups in total. The summed E-state index contributed by atoms with van der Waals surface area (Å²) in [5, 5.41) is 17.3. The third-order valence-electron chi connectivity index (χ3n) is 3.14. The summed E-state index contributed by atoms with van der Waals surface area (Å²) in [4.78, 5) is 15.6. The fourth-order valence-electron chi connectivity index (χ4n) is 2.03. The predicted octanol–water partition coefficient (Wildman–Crippen LogP) is 1.50. The summed E-state index contributed by atoms with van der Waals surface area (Å²) in [7, 11) is 0. The molecule has 2 rings (SSSR count). The van der Waals surface area contributed by atoms with E-state index in [9.17, 15) is 4.79 Å². The second kappa shape index (κ2) is 6.99. The maximum atomic E-state index is 12.5. The molecule has 0 unspecified atom stereocenters. The fraction of sp³-hybridized carbons (Fsp3) is 0.400. The fourth-order valence-corrected chi connectivity index (χ4v) is 2.03. The van der Waals surface area contributed by atoms with Gasteiger partial charge in [0.25, 0.3) is 5.91 Å². The zero-order valence-electron chi connectivity index (χ0n) is 12.3. The van der Waals surface area contributed by atoms with E-state index < -0.39 is 0 Å². The quantitative estimate of drug-likeness (QED) is 0.874.